The second-order valence-corrected chi connectivity index (χ2v) is 31.4. The SMILES string of the molecule is CCC[CH2][Sn]([CH2]CCC)([O][Sn]([CH2]CCC)([CH2]CCC)[C](=O)OC)[C](=O)OC. The molecule has 160 valence electrons. The second kappa shape index (κ2) is 15.4. The van der Waals surface area contributed by atoms with Crippen molar-refractivity contribution in [3.05, 3.63) is 0 Å². The molecule has 0 saturated heterocycles. The predicted molar refractivity (Wildman–Crippen MR) is 116 cm³/mol. The molecule has 5 nitrogen and oxygen atoms in total. The van der Waals surface area contributed by atoms with Crippen LogP contribution in [-0.4, -0.2) is 59.8 Å². The second-order valence-electron chi connectivity index (χ2n) is 7.49. The molecule has 0 aromatic heterocycles. The Kier molecular flexibility index (Phi) is 15.6. The molecular formula is C20H42O5Sn2. The molecule has 0 aromatic rings. The van der Waals surface area contributed by atoms with Crippen LogP contribution in [0.15, 0.2) is 0 Å². The number of methoxy groups -OCH3 is 2. The van der Waals surface area contributed by atoms with E-state index >= 15 is 0 Å². The van der Waals surface area contributed by atoms with Gasteiger partial charge in [0.05, 0.1) is 0 Å². The third kappa shape index (κ3) is 8.80. The van der Waals surface area contributed by atoms with Gasteiger partial charge in [0.15, 0.2) is 0 Å². The summed E-state index contributed by atoms with van der Waals surface area (Å²) >= 11 is -7.52. The number of hydrogen-bond donors (Lipinski definition) is 0. The number of ether oxygens (including phenoxy) is 2. The predicted octanol–water partition coefficient (Wildman–Crippen LogP) is 6.79. The molecule has 0 aliphatic heterocycles. The third-order valence-electron chi connectivity index (χ3n) is 5.24. The number of rotatable bonds is 16. The van der Waals surface area contributed by atoms with E-state index in [-0.39, 0.29) is 7.97 Å². The number of carbonyl (C=O) groups excluding carboxylic acids is 2. The van der Waals surface area contributed by atoms with Crippen molar-refractivity contribution in [3.8, 4) is 0 Å². The maximum absolute atomic E-state index is 13.0. The summed E-state index contributed by atoms with van der Waals surface area (Å²) in [5.41, 5.74) is 0. The summed E-state index contributed by atoms with van der Waals surface area (Å²) in [6.45, 7) is 8.55. The standard InChI is InChI=1S/4C4H9.2C2H3O2.O.2Sn/c4*1-3-4-2;2*1-4-2-3;;;/h4*1,3-4H2,2H3;2*1H3;;;. The van der Waals surface area contributed by atoms with Crippen molar-refractivity contribution < 1.29 is 20.5 Å². The fraction of sp³-hybridized carbons (Fsp3) is 0.900. The van der Waals surface area contributed by atoms with Gasteiger partial charge in [-0.3, -0.25) is 0 Å². The number of hydrogen-bond acceptors (Lipinski definition) is 5. The molecule has 0 aliphatic carbocycles. The van der Waals surface area contributed by atoms with Gasteiger partial charge in [-0.2, -0.15) is 0 Å². The van der Waals surface area contributed by atoms with Gasteiger partial charge >= 0.3 is 177 Å². The van der Waals surface area contributed by atoms with E-state index in [1.54, 1.807) is 0 Å². The van der Waals surface area contributed by atoms with Crippen LogP contribution in [0.1, 0.15) is 79.1 Å². The Bertz CT molecular complexity index is 375. The Labute approximate surface area is 176 Å². The third-order valence-corrected chi connectivity index (χ3v) is 41.1. The Morgan fingerprint density at radius 2 is 0.852 bits per heavy atom. The zero-order valence-electron chi connectivity index (χ0n) is 18.5. The van der Waals surface area contributed by atoms with E-state index in [1.165, 1.54) is 14.2 Å². The van der Waals surface area contributed by atoms with Crippen molar-refractivity contribution in [2.45, 2.75) is 96.8 Å². The fourth-order valence-electron chi connectivity index (χ4n) is 3.54. The summed E-state index contributed by atoms with van der Waals surface area (Å²) in [5.74, 6) is 0. The van der Waals surface area contributed by atoms with Crippen LogP contribution >= 0.6 is 0 Å². The van der Waals surface area contributed by atoms with E-state index < -0.39 is 37.6 Å². The molecule has 0 rings (SSSR count). The van der Waals surface area contributed by atoms with Crippen LogP contribution in [0.5, 0.6) is 0 Å². The summed E-state index contributed by atoms with van der Waals surface area (Å²) in [5, 5.41) is 0. The van der Waals surface area contributed by atoms with Crippen LogP contribution in [0.25, 0.3) is 0 Å². The zero-order chi connectivity index (χ0) is 20.8. The maximum atomic E-state index is 13.0. The first-order valence-electron chi connectivity index (χ1n) is 10.8. The zero-order valence-corrected chi connectivity index (χ0v) is 24.2. The van der Waals surface area contributed by atoms with E-state index in [9.17, 15) is 9.59 Å². The molecule has 0 bridgehead atoms. The topological polar surface area (TPSA) is 61.8 Å². The van der Waals surface area contributed by atoms with Crippen LogP contribution in [0.3, 0.4) is 0 Å². The van der Waals surface area contributed by atoms with Gasteiger partial charge in [-0.1, -0.05) is 0 Å². The van der Waals surface area contributed by atoms with Gasteiger partial charge < -0.3 is 0 Å². The molecule has 0 aliphatic rings. The van der Waals surface area contributed by atoms with Crippen molar-refractivity contribution in [2.24, 2.45) is 0 Å². The Hall–Kier alpha value is 0.497. The molecule has 0 radical (unpaired) electrons. The molecule has 0 spiro atoms. The van der Waals surface area contributed by atoms with Gasteiger partial charge in [-0.25, -0.2) is 0 Å². The van der Waals surface area contributed by atoms with Gasteiger partial charge in [-0.05, 0) is 0 Å². The average Bonchev–Trinajstić information content (AvgIpc) is 2.70. The first-order chi connectivity index (χ1) is 12.9. The van der Waals surface area contributed by atoms with Crippen LogP contribution in [0, 0.1) is 0 Å². The fourth-order valence-corrected chi connectivity index (χ4v) is 49.1. The molecule has 0 fully saturated rings. The van der Waals surface area contributed by atoms with Crippen molar-refractivity contribution in [3.63, 3.8) is 0 Å². The van der Waals surface area contributed by atoms with Crippen molar-refractivity contribution in [1.82, 2.24) is 0 Å². The molecule has 0 atom stereocenters. The van der Waals surface area contributed by atoms with Crippen LogP contribution in [0.4, 0.5) is 9.59 Å². The molecule has 0 saturated carbocycles. The first kappa shape index (κ1) is 27.5. The van der Waals surface area contributed by atoms with E-state index in [0.29, 0.717) is 0 Å². The van der Waals surface area contributed by atoms with Crippen molar-refractivity contribution in [2.75, 3.05) is 14.2 Å². The Morgan fingerprint density at radius 1 is 0.593 bits per heavy atom. The monoisotopic (exact) mass is 602 g/mol. The molecule has 0 amide bonds. The molecule has 0 aromatic carbocycles. The summed E-state index contributed by atoms with van der Waals surface area (Å²) in [7, 11) is 2.95. The van der Waals surface area contributed by atoms with Gasteiger partial charge in [0, 0.05) is 0 Å². The van der Waals surface area contributed by atoms with E-state index in [1.807, 2.05) is 0 Å². The summed E-state index contributed by atoms with van der Waals surface area (Å²) in [4.78, 5) is 26.0. The van der Waals surface area contributed by atoms with Crippen molar-refractivity contribution in [1.29, 1.82) is 0 Å². The van der Waals surface area contributed by atoms with E-state index in [2.05, 4.69) is 27.7 Å². The number of carbonyl (C=O) groups is 2. The van der Waals surface area contributed by atoms with Gasteiger partial charge in [-0.15, -0.1) is 0 Å². The van der Waals surface area contributed by atoms with Gasteiger partial charge in [0.2, 0.25) is 0 Å². The Balaban J connectivity index is 6.07. The number of unbranched alkanes of at least 4 members (excludes halogenated alkanes) is 4. The molecule has 0 unspecified atom stereocenters. The van der Waals surface area contributed by atoms with Gasteiger partial charge in [0.25, 0.3) is 0 Å². The minimum absolute atomic E-state index is 0.107. The van der Waals surface area contributed by atoms with Crippen LogP contribution in [0.2, 0.25) is 17.7 Å². The molecule has 0 N–H and O–H groups in total. The average molecular weight is 600 g/mol. The molecule has 27 heavy (non-hydrogen) atoms. The molecule has 7 heteroatoms. The quantitative estimate of drug-likeness (QED) is 0.183. The normalized spacial score (nSPS) is 12.1. The van der Waals surface area contributed by atoms with Crippen LogP contribution in [-0.2, 0) is 10.9 Å². The Morgan fingerprint density at radius 3 is 1.04 bits per heavy atom. The minimum atomic E-state index is -3.76. The van der Waals surface area contributed by atoms with Gasteiger partial charge in [0.1, 0.15) is 0 Å². The first-order valence-corrected chi connectivity index (χ1v) is 24.0. The van der Waals surface area contributed by atoms with E-state index in [4.69, 9.17) is 10.9 Å². The summed E-state index contributed by atoms with van der Waals surface area (Å²) in [6, 6.07) is 0. The summed E-state index contributed by atoms with van der Waals surface area (Å²) in [6.07, 6.45) is 7.98. The molecule has 0 heterocycles. The molecular weight excluding hydrogens is 558 g/mol. The summed E-state index contributed by atoms with van der Waals surface area (Å²) < 4.78 is 20.7. The van der Waals surface area contributed by atoms with Crippen LogP contribution < -0.4 is 0 Å². The van der Waals surface area contributed by atoms with E-state index in [0.717, 1.165) is 69.1 Å². The van der Waals surface area contributed by atoms with Crippen molar-refractivity contribution >= 4 is 45.6 Å².